The van der Waals surface area contributed by atoms with Crippen LogP contribution in [0.3, 0.4) is 0 Å². The van der Waals surface area contributed by atoms with E-state index >= 15 is 0 Å². The smallest absolute Gasteiger partial charge is 0.323 e. The van der Waals surface area contributed by atoms with Gasteiger partial charge in [0, 0.05) is 7.11 Å². The molecular formula is C14H17N2O6P. The lowest BCUT2D eigenvalue weighted by atomic mass is 10.1. The molecule has 1 N–H and O–H groups in total. The molecule has 8 nitrogen and oxygen atoms in total. The van der Waals surface area contributed by atoms with E-state index in [9.17, 15) is 18.9 Å². The molecule has 0 fully saturated rings. The van der Waals surface area contributed by atoms with Crippen molar-refractivity contribution in [2.45, 2.75) is 13.0 Å². The zero-order valence-corrected chi connectivity index (χ0v) is 13.8. The van der Waals surface area contributed by atoms with Crippen LogP contribution in [0.25, 0.3) is 0 Å². The summed E-state index contributed by atoms with van der Waals surface area (Å²) in [5, 5.41) is 2.50. The van der Waals surface area contributed by atoms with Crippen molar-refractivity contribution in [2.75, 3.05) is 20.5 Å². The van der Waals surface area contributed by atoms with Crippen LogP contribution in [-0.2, 0) is 18.6 Å². The van der Waals surface area contributed by atoms with Crippen LogP contribution in [0, 0.1) is 0 Å². The molecule has 2 rings (SSSR count). The van der Waals surface area contributed by atoms with Crippen molar-refractivity contribution in [1.29, 1.82) is 0 Å². The Morgan fingerprint density at radius 3 is 2.17 bits per heavy atom. The fourth-order valence-electron chi connectivity index (χ4n) is 2.23. The number of amides is 2. The Bertz CT molecular complexity index is 669. The molecule has 0 bridgehead atoms. The first kappa shape index (κ1) is 17.3. The van der Waals surface area contributed by atoms with Crippen molar-refractivity contribution in [3.63, 3.8) is 0 Å². The van der Waals surface area contributed by atoms with Crippen LogP contribution in [0.15, 0.2) is 24.3 Å². The summed E-state index contributed by atoms with van der Waals surface area (Å²) in [4.78, 5) is 36.9. The van der Waals surface area contributed by atoms with E-state index in [1.807, 2.05) is 0 Å². The topological polar surface area (TPSA) is 102 Å². The maximum Gasteiger partial charge on any atom is 0.323 e. The van der Waals surface area contributed by atoms with E-state index in [0.717, 1.165) is 4.90 Å². The van der Waals surface area contributed by atoms with Gasteiger partial charge in [-0.15, -0.1) is 0 Å². The van der Waals surface area contributed by atoms with Gasteiger partial charge in [-0.1, -0.05) is 12.1 Å². The summed E-state index contributed by atoms with van der Waals surface area (Å²) in [5.41, 5.74) is 0.502. The zero-order chi connectivity index (χ0) is 17.2. The fraction of sp³-hybridized carbons (Fsp3) is 0.357. The van der Waals surface area contributed by atoms with Gasteiger partial charge in [0.25, 0.3) is 19.3 Å². The number of carbonyl (C=O) groups excluding carboxylic acids is 3. The first-order valence-corrected chi connectivity index (χ1v) is 8.59. The van der Waals surface area contributed by atoms with Crippen LogP contribution in [0.5, 0.6) is 0 Å². The lowest BCUT2D eigenvalue weighted by Gasteiger charge is -2.24. The molecule has 0 saturated carbocycles. The second-order valence-corrected chi connectivity index (χ2v) is 7.21. The molecule has 1 aromatic carbocycles. The number of methoxy groups -OCH3 is 1. The molecule has 124 valence electrons. The maximum atomic E-state index is 12.7. The molecule has 1 heterocycles. The molecule has 1 aliphatic heterocycles. The van der Waals surface area contributed by atoms with Gasteiger partial charge in [0.05, 0.1) is 18.2 Å². The highest BCUT2D eigenvalue weighted by molar-refractivity contribution is 7.56. The number of carbonyl (C=O) groups is 3. The molecule has 0 saturated heterocycles. The molecule has 1 aromatic rings. The molecule has 2 amide bonds. The molecule has 2 atom stereocenters. The normalized spacial score (nSPS) is 17.6. The molecule has 0 aromatic heterocycles. The van der Waals surface area contributed by atoms with E-state index in [2.05, 4.69) is 9.82 Å². The number of imide groups is 1. The van der Waals surface area contributed by atoms with Crippen molar-refractivity contribution >= 4 is 25.3 Å². The minimum absolute atomic E-state index is 0.251. The molecule has 0 radical (unpaired) electrons. The summed E-state index contributed by atoms with van der Waals surface area (Å²) in [6, 6.07) is 5.42. The van der Waals surface area contributed by atoms with Crippen molar-refractivity contribution in [1.82, 2.24) is 9.99 Å². The van der Waals surface area contributed by atoms with Crippen molar-refractivity contribution in [3.05, 3.63) is 35.4 Å². The highest BCUT2D eigenvalue weighted by Crippen LogP contribution is 2.44. The van der Waals surface area contributed by atoms with Gasteiger partial charge >= 0.3 is 5.97 Å². The summed E-state index contributed by atoms with van der Waals surface area (Å²) >= 11 is 0. The van der Waals surface area contributed by atoms with E-state index in [1.54, 1.807) is 12.1 Å². The standard InChI is InChI=1S/C14H17N2O6P/c1-9(14(19)21-2)15-23(20,22-3)8-16-12(17)10-6-4-5-7-11(10)13(16)18/h4-7,9H,8H2,1-3H3,(H,15,20)/t9-,23?/m0/s1. The van der Waals surface area contributed by atoms with Gasteiger partial charge in [-0.05, 0) is 19.1 Å². The Labute approximate surface area is 133 Å². The van der Waals surface area contributed by atoms with Gasteiger partial charge in [-0.25, -0.2) is 5.09 Å². The van der Waals surface area contributed by atoms with Crippen molar-refractivity contribution < 1.29 is 28.2 Å². The summed E-state index contributed by atoms with van der Waals surface area (Å²) in [6.45, 7) is 1.44. The summed E-state index contributed by atoms with van der Waals surface area (Å²) in [6.07, 6.45) is -0.475. The third-order valence-corrected chi connectivity index (χ3v) is 5.47. The monoisotopic (exact) mass is 340 g/mol. The molecule has 23 heavy (non-hydrogen) atoms. The van der Waals surface area contributed by atoms with Crippen LogP contribution in [0.4, 0.5) is 0 Å². The number of esters is 1. The number of benzene rings is 1. The van der Waals surface area contributed by atoms with Gasteiger partial charge < -0.3 is 9.26 Å². The molecule has 1 aliphatic rings. The molecular weight excluding hydrogens is 323 g/mol. The number of hydrogen-bond donors (Lipinski definition) is 1. The van der Waals surface area contributed by atoms with Gasteiger partial charge in [-0.2, -0.15) is 0 Å². The number of fused-ring (bicyclic) bond motifs is 1. The Morgan fingerprint density at radius 2 is 1.74 bits per heavy atom. The lowest BCUT2D eigenvalue weighted by molar-refractivity contribution is -0.142. The average Bonchev–Trinajstić information content (AvgIpc) is 2.79. The molecule has 0 spiro atoms. The SMILES string of the molecule is COC(=O)[C@H](C)NP(=O)(CN1C(=O)c2ccccc2C1=O)OC. The van der Waals surface area contributed by atoms with Crippen LogP contribution < -0.4 is 5.09 Å². The quantitative estimate of drug-likeness (QED) is 0.472. The third kappa shape index (κ3) is 3.34. The maximum absolute atomic E-state index is 12.7. The third-order valence-electron chi connectivity index (χ3n) is 3.45. The van der Waals surface area contributed by atoms with Gasteiger partial charge in [0.15, 0.2) is 0 Å². The number of hydrogen-bond acceptors (Lipinski definition) is 6. The highest BCUT2D eigenvalue weighted by atomic mass is 31.2. The average molecular weight is 340 g/mol. The summed E-state index contributed by atoms with van der Waals surface area (Å²) in [7, 11) is -1.27. The summed E-state index contributed by atoms with van der Waals surface area (Å²) in [5.74, 6) is -1.73. The lowest BCUT2D eigenvalue weighted by Crippen LogP contribution is -2.38. The van der Waals surface area contributed by atoms with Crippen molar-refractivity contribution in [3.8, 4) is 0 Å². The largest absolute Gasteiger partial charge is 0.468 e. The van der Waals surface area contributed by atoms with Gasteiger partial charge in [0.2, 0.25) is 0 Å². The minimum Gasteiger partial charge on any atom is -0.468 e. The van der Waals surface area contributed by atoms with Crippen molar-refractivity contribution in [2.24, 2.45) is 0 Å². The molecule has 0 aliphatic carbocycles. The Balaban J connectivity index is 2.20. The highest BCUT2D eigenvalue weighted by Gasteiger charge is 2.40. The predicted octanol–water partition coefficient (Wildman–Crippen LogP) is 1.23. The molecule has 1 unspecified atom stereocenters. The second kappa shape index (κ2) is 6.62. The van der Waals surface area contributed by atoms with E-state index in [4.69, 9.17) is 4.52 Å². The van der Waals surface area contributed by atoms with E-state index in [-0.39, 0.29) is 11.1 Å². The Hall–Kier alpha value is -2.02. The fourth-order valence-corrected chi connectivity index (χ4v) is 3.86. The Kier molecular flexibility index (Phi) is 4.99. The van der Waals surface area contributed by atoms with Crippen LogP contribution in [0.2, 0.25) is 0 Å². The number of nitrogens with zero attached hydrogens (tertiary/aromatic N) is 1. The van der Waals surface area contributed by atoms with E-state index in [1.165, 1.54) is 33.3 Å². The van der Waals surface area contributed by atoms with Crippen LogP contribution in [0.1, 0.15) is 27.6 Å². The number of rotatable bonds is 6. The first-order valence-electron chi connectivity index (χ1n) is 6.78. The predicted molar refractivity (Wildman–Crippen MR) is 81.0 cm³/mol. The van der Waals surface area contributed by atoms with Crippen LogP contribution in [-0.4, -0.2) is 49.2 Å². The zero-order valence-electron chi connectivity index (χ0n) is 12.9. The Morgan fingerprint density at radius 1 is 1.22 bits per heavy atom. The van der Waals surface area contributed by atoms with E-state index in [0.29, 0.717) is 0 Å². The second-order valence-electron chi connectivity index (χ2n) is 4.96. The van der Waals surface area contributed by atoms with Gasteiger partial charge in [-0.3, -0.25) is 23.8 Å². The number of ether oxygens (including phenoxy) is 1. The van der Waals surface area contributed by atoms with Crippen LogP contribution >= 0.6 is 7.52 Å². The summed E-state index contributed by atoms with van der Waals surface area (Å²) < 4.78 is 22.2. The molecule has 9 heteroatoms. The minimum atomic E-state index is -3.64. The number of nitrogens with one attached hydrogen (secondary N) is 1. The van der Waals surface area contributed by atoms with E-state index < -0.39 is 37.6 Å². The first-order chi connectivity index (χ1) is 10.8. The van der Waals surface area contributed by atoms with Gasteiger partial charge in [0.1, 0.15) is 12.3 Å².